The van der Waals surface area contributed by atoms with E-state index in [2.05, 4.69) is 26.2 Å². The van der Waals surface area contributed by atoms with Crippen molar-refractivity contribution in [3.63, 3.8) is 0 Å². The number of carbonyl (C=O) groups excluding carboxylic acids is 1. The summed E-state index contributed by atoms with van der Waals surface area (Å²) in [5.41, 5.74) is 1.34. The maximum Gasteiger partial charge on any atom is 0.307 e. The van der Waals surface area contributed by atoms with Gasteiger partial charge in [-0.1, -0.05) is 13.3 Å². The molecule has 2 N–H and O–H groups in total. The summed E-state index contributed by atoms with van der Waals surface area (Å²) in [7, 11) is 0. The fourth-order valence-corrected chi connectivity index (χ4v) is 3.33. The standard InChI is InChI=1S/C15H19BrN2O3/c1-3-9-6-10(11(7-9)15(20)21)14(19)18-12-4-5-13(16)17-8(12)2/h4-5,9-11H,3,6-7H2,1-2H3,(H,18,19)(H,20,21). The van der Waals surface area contributed by atoms with Crippen LogP contribution in [-0.4, -0.2) is 22.0 Å². The molecular weight excluding hydrogens is 336 g/mol. The molecule has 5 nitrogen and oxygen atoms in total. The number of pyridine rings is 1. The summed E-state index contributed by atoms with van der Waals surface area (Å²) in [4.78, 5) is 28.0. The van der Waals surface area contributed by atoms with E-state index in [0.29, 0.717) is 34.7 Å². The lowest BCUT2D eigenvalue weighted by Crippen LogP contribution is -2.30. The highest BCUT2D eigenvalue weighted by molar-refractivity contribution is 9.10. The molecule has 0 aromatic carbocycles. The monoisotopic (exact) mass is 354 g/mol. The van der Waals surface area contributed by atoms with Crippen molar-refractivity contribution in [3.05, 3.63) is 22.4 Å². The number of aryl methyl sites for hydroxylation is 1. The zero-order valence-corrected chi connectivity index (χ0v) is 13.7. The molecular formula is C15H19BrN2O3. The van der Waals surface area contributed by atoms with E-state index in [0.717, 1.165) is 6.42 Å². The van der Waals surface area contributed by atoms with Gasteiger partial charge in [0.2, 0.25) is 5.91 Å². The molecule has 3 atom stereocenters. The van der Waals surface area contributed by atoms with Crippen LogP contribution in [-0.2, 0) is 9.59 Å². The summed E-state index contributed by atoms with van der Waals surface area (Å²) < 4.78 is 0.702. The smallest absolute Gasteiger partial charge is 0.307 e. The summed E-state index contributed by atoms with van der Waals surface area (Å²) in [6.45, 7) is 3.84. The van der Waals surface area contributed by atoms with Crippen molar-refractivity contribution in [2.75, 3.05) is 5.32 Å². The molecule has 1 aliphatic carbocycles. The molecule has 1 amide bonds. The zero-order chi connectivity index (χ0) is 15.6. The molecule has 1 heterocycles. The van der Waals surface area contributed by atoms with Crippen molar-refractivity contribution >= 4 is 33.5 Å². The van der Waals surface area contributed by atoms with Crippen LogP contribution in [0.5, 0.6) is 0 Å². The molecule has 0 bridgehead atoms. The second kappa shape index (κ2) is 6.56. The van der Waals surface area contributed by atoms with E-state index in [1.54, 1.807) is 19.1 Å². The Labute approximate surface area is 132 Å². The molecule has 2 rings (SSSR count). The average molecular weight is 355 g/mol. The van der Waals surface area contributed by atoms with Crippen LogP contribution < -0.4 is 5.32 Å². The van der Waals surface area contributed by atoms with Crippen molar-refractivity contribution in [3.8, 4) is 0 Å². The third-order valence-corrected chi connectivity index (χ3v) is 4.64. The number of hydrogen-bond donors (Lipinski definition) is 2. The van der Waals surface area contributed by atoms with Crippen LogP contribution in [0.1, 0.15) is 31.9 Å². The molecule has 21 heavy (non-hydrogen) atoms. The van der Waals surface area contributed by atoms with Crippen LogP contribution in [0.15, 0.2) is 16.7 Å². The number of anilines is 1. The van der Waals surface area contributed by atoms with Crippen LogP contribution in [0, 0.1) is 24.7 Å². The molecule has 1 aliphatic rings. The Bertz CT molecular complexity index is 562. The summed E-state index contributed by atoms with van der Waals surface area (Å²) in [5, 5.41) is 12.1. The van der Waals surface area contributed by atoms with Gasteiger partial charge in [0.05, 0.1) is 23.2 Å². The maximum atomic E-state index is 12.4. The quantitative estimate of drug-likeness (QED) is 0.813. The normalized spacial score (nSPS) is 24.8. The number of hydrogen-bond acceptors (Lipinski definition) is 3. The first-order valence-electron chi connectivity index (χ1n) is 7.09. The number of rotatable bonds is 4. The van der Waals surface area contributed by atoms with E-state index in [1.165, 1.54) is 0 Å². The second-order valence-electron chi connectivity index (χ2n) is 5.55. The highest BCUT2D eigenvalue weighted by Gasteiger charge is 2.42. The Balaban J connectivity index is 2.13. The number of halogens is 1. The highest BCUT2D eigenvalue weighted by atomic mass is 79.9. The Morgan fingerprint density at radius 3 is 2.62 bits per heavy atom. The first-order chi connectivity index (χ1) is 9.92. The molecule has 1 aromatic heterocycles. The average Bonchev–Trinajstić information content (AvgIpc) is 2.86. The van der Waals surface area contributed by atoms with Gasteiger partial charge >= 0.3 is 5.97 Å². The highest BCUT2D eigenvalue weighted by Crippen LogP contribution is 2.39. The van der Waals surface area contributed by atoms with Gasteiger partial charge in [0, 0.05) is 0 Å². The predicted molar refractivity (Wildman–Crippen MR) is 82.9 cm³/mol. The van der Waals surface area contributed by atoms with Crippen molar-refractivity contribution < 1.29 is 14.7 Å². The van der Waals surface area contributed by atoms with Gasteiger partial charge in [-0.05, 0) is 53.7 Å². The van der Waals surface area contributed by atoms with Gasteiger partial charge in [0.15, 0.2) is 0 Å². The number of amides is 1. The van der Waals surface area contributed by atoms with Crippen molar-refractivity contribution in [1.82, 2.24) is 4.98 Å². The number of carbonyl (C=O) groups is 2. The molecule has 1 saturated carbocycles. The molecule has 0 saturated heterocycles. The lowest BCUT2D eigenvalue weighted by Gasteiger charge is -2.16. The third-order valence-electron chi connectivity index (χ3n) is 4.20. The van der Waals surface area contributed by atoms with E-state index in [9.17, 15) is 14.7 Å². The lowest BCUT2D eigenvalue weighted by molar-refractivity contribution is -0.145. The van der Waals surface area contributed by atoms with Gasteiger partial charge in [-0.25, -0.2) is 4.98 Å². The third kappa shape index (κ3) is 3.61. The molecule has 3 unspecified atom stereocenters. The molecule has 114 valence electrons. The van der Waals surface area contributed by atoms with Crippen LogP contribution in [0.4, 0.5) is 5.69 Å². The SMILES string of the molecule is CCC1CC(C(=O)O)C(C(=O)Nc2ccc(Br)nc2C)C1. The first kappa shape index (κ1) is 15.9. The minimum absolute atomic E-state index is 0.217. The molecule has 0 spiro atoms. The summed E-state index contributed by atoms with van der Waals surface area (Å²) in [6.07, 6.45) is 2.14. The molecule has 0 radical (unpaired) electrons. The van der Waals surface area contributed by atoms with Gasteiger partial charge < -0.3 is 10.4 Å². The minimum atomic E-state index is -0.878. The Hall–Kier alpha value is -1.43. The lowest BCUT2D eigenvalue weighted by atomic mass is 9.95. The fraction of sp³-hybridized carbons (Fsp3) is 0.533. The predicted octanol–water partition coefficient (Wildman–Crippen LogP) is 3.23. The summed E-state index contributed by atoms with van der Waals surface area (Å²) in [5.74, 6) is -1.83. The molecule has 6 heteroatoms. The number of nitrogens with one attached hydrogen (secondary N) is 1. The van der Waals surface area contributed by atoms with Crippen LogP contribution in [0.3, 0.4) is 0 Å². The zero-order valence-electron chi connectivity index (χ0n) is 12.1. The van der Waals surface area contributed by atoms with Crippen molar-refractivity contribution in [1.29, 1.82) is 0 Å². The van der Waals surface area contributed by atoms with Crippen molar-refractivity contribution in [2.24, 2.45) is 17.8 Å². The largest absolute Gasteiger partial charge is 0.481 e. The topological polar surface area (TPSA) is 79.3 Å². The van der Waals surface area contributed by atoms with Gasteiger partial charge in [-0.15, -0.1) is 0 Å². The van der Waals surface area contributed by atoms with E-state index < -0.39 is 17.8 Å². The minimum Gasteiger partial charge on any atom is -0.481 e. The number of aliphatic carboxylic acids is 1. The van der Waals surface area contributed by atoms with Gasteiger partial charge in [0.1, 0.15) is 4.60 Å². The number of carboxylic acids is 1. The van der Waals surface area contributed by atoms with Gasteiger partial charge in [-0.3, -0.25) is 9.59 Å². The first-order valence-corrected chi connectivity index (χ1v) is 7.88. The second-order valence-corrected chi connectivity index (χ2v) is 6.37. The number of aromatic nitrogens is 1. The fourth-order valence-electron chi connectivity index (χ4n) is 2.93. The molecule has 1 fully saturated rings. The van der Waals surface area contributed by atoms with E-state index in [1.807, 2.05) is 6.92 Å². The van der Waals surface area contributed by atoms with E-state index in [4.69, 9.17) is 0 Å². The number of carboxylic acid groups (broad SMARTS) is 1. The Morgan fingerprint density at radius 1 is 1.38 bits per heavy atom. The van der Waals surface area contributed by atoms with Crippen molar-refractivity contribution in [2.45, 2.75) is 33.1 Å². The molecule has 0 aliphatic heterocycles. The van der Waals surface area contributed by atoms with E-state index in [-0.39, 0.29) is 5.91 Å². The maximum absolute atomic E-state index is 12.4. The summed E-state index contributed by atoms with van der Waals surface area (Å²) in [6, 6.07) is 3.52. The Morgan fingerprint density at radius 2 is 2.05 bits per heavy atom. The van der Waals surface area contributed by atoms with Gasteiger partial charge in [-0.2, -0.15) is 0 Å². The van der Waals surface area contributed by atoms with Gasteiger partial charge in [0.25, 0.3) is 0 Å². The van der Waals surface area contributed by atoms with Crippen LogP contribution >= 0.6 is 15.9 Å². The summed E-state index contributed by atoms with van der Waals surface area (Å²) >= 11 is 3.27. The van der Waals surface area contributed by atoms with Crippen LogP contribution in [0.2, 0.25) is 0 Å². The van der Waals surface area contributed by atoms with E-state index >= 15 is 0 Å². The Kier molecular flexibility index (Phi) is 4.98. The number of nitrogens with zero attached hydrogens (tertiary/aromatic N) is 1. The van der Waals surface area contributed by atoms with Crippen LogP contribution in [0.25, 0.3) is 0 Å². The molecule has 1 aromatic rings.